The van der Waals surface area contributed by atoms with E-state index in [-0.39, 0.29) is 23.9 Å². The molecule has 1 aliphatic heterocycles. The van der Waals surface area contributed by atoms with Gasteiger partial charge in [0.15, 0.2) is 0 Å². The first-order valence-corrected chi connectivity index (χ1v) is 8.79. The molecular weight excluding hydrogens is 264 g/mol. The third-order valence-corrected chi connectivity index (χ3v) is 4.68. The van der Waals surface area contributed by atoms with Crippen LogP contribution in [0.2, 0.25) is 0 Å². The summed E-state index contributed by atoms with van der Waals surface area (Å²) >= 11 is 0. The van der Waals surface area contributed by atoms with Crippen LogP contribution in [-0.4, -0.2) is 35.3 Å². The second-order valence-corrected chi connectivity index (χ2v) is 6.57. The Bertz CT molecular complexity index is 366. The van der Waals surface area contributed by atoms with Gasteiger partial charge >= 0.3 is 0 Å². The van der Waals surface area contributed by atoms with Crippen molar-refractivity contribution in [2.24, 2.45) is 5.92 Å². The fraction of sp³-hybridized carbons (Fsp3) is 0.882. The summed E-state index contributed by atoms with van der Waals surface area (Å²) in [4.78, 5) is 26.9. The van der Waals surface area contributed by atoms with E-state index in [0.717, 1.165) is 45.1 Å². The number of hydrogen-bond acceptors (Lipinski definition) is 2. The highest BCUT2D eigenvalue weighted by Gasteiger charge is 2.46. The van der Waals surface area contributed by atoms with Gasteiger partial charge in [0.25, 0.3) is 0 Å². The molecule has 2 aliphatic rings. The largest absolute Gasteiger partial charge is 0.342 e. The zero-order chi connectivity index (χ0) is 15.2. The highest BCUT2D eigenvalue weighted by Crippen LogP contribution is 2.35. The van der Waals surface area contributed by atoms with Crippen molar-refractivity contribution in [1.29, 1.82) is 0 Å². The van der Waals surface area contributed by atoms with E-state index in [2.05, 4.69) is 19.2 Å². The summed E-state index contributed by atoms with van der Waals surface area (Å²) in [6.45, 7) is 5.03. The molecule has 0 aromatic heterocycles. The van der Waals surface area contributed by atoms with Crippen LogP contribution in [0.1, 0.15) is 71.6 Å². The van der Waals surface area contributed by atoms with Crippen LogP contribution in [0.4, 0.5) is 0 Å². The molecule has 2 unspecified atom stereocenters. The number of piperazine rings is 1. The van der Waals surface area contributed by atoms with Gasteiger partial charge in [-0.15, -0.1) is 0 Å². The monoisotopic (exact) mass is 294 g/mol. The summed E-state index contributed by atoms with van der Waals surface area (Å²) in [5.74, 6) is 0.638. The Kier molecular flexibility index (Phi) is 6.07. The van der Waals surface area contributed by atoms with E-state index in [1.807, 2.05) is 4.90 Å². The molecule has 2 rings (SSSR count). The lowest BCUT2D eigenvalue weighted by Crippen LogP contribution is -2.64. The Labute approximate surface area is 128 Å². The van der Waals surface area contributed by atoms with E-state index in [0.29, 0.717) is 5.92 Å². The van der Waals surface area contributed by atoms with E-state index in [9.17, 15) is 9.59 Å². The van der Waals surface area contributed by atoms with E-state index < -0.39 is 0 Å². The van der Waals surface area contributed by atoms with Gasteiger partial charge in [-0.3, -0.25) is 9.59 Å². The van der Waals surface area contributed by atoms with Gasteiger partial charge in [-0.05, 0) is 31.6 Å². The molecule has 2 fully saturated rings. The first kappa shape index (κ1) is 16.3. The van der Waals surface area contributed by atoms with Crippen LogP contribution in [0.5, 0.6) is 0 Å². The molecule has 1 aliphatic carbocycles. The lowest BCUT2D eigenvalue weighted by Gasteiger charge is -2.39. The van der Waals surface area contributed by atoms with Gasteiger partial charge in [0.05, 0.1) is 0 Å². The molecule has 0 spiro atoms. The molecule has 0 radical (unpaired) electrons. The molecule has 2 amide bonds. The highest BCUT2D eigenvalue weighted by molar-refractivity contribution is 5.97. The summed E-state index contributed by atoms with van der Waals surface area (Å²) in [6, 6.07) is -0.468. The summed E-state index contributed by atoms with van der Waals surface area (Å²) in [7, 11) is 0. The molecule has 1 saturated heterocycles. The van der Waals surface area contributed by atoms with Crippen molar-refractivity contribution >= 4 is 11.8 Å². The maximum Gasteiger partial charge on any atom is 0.246 e. The van der Waals surface area contributed by atoms with Gasteiger partial charge < -0.3 is 10.2 Å². The quantitative estimate of drug-likeness (QED) is 0.665. The number of nitrogens with one attached hydrogen (secondary N) is 1. The third kappa shape index (κ3) is 4.21. The Hall–Kier alpha value is -1.06. The molecule has 1 N–H and O–H groups in total. The minimum atomic E-state index is -0.235. The number of nitrogens with zero attached hydrogens (tertiary/aromatic N) is 1. The topological polar surface area (TPSA) is 49.4 Å². The third-order valence-electron chi connectivity index (χ3n) is 4.68. The highest BCUT2D eigenvalue weighted by atomic mass is 16.2. The molecule has 120 valence electrons. The predicted molar refractivity (Wildman–Crippen MR) is 83.8 cm³/mol. The Morgan fingerprint density at radius 3 is 2.38 bits per heavy atom. The average Bonchev–Trinajstić information content (AvgIpc) is 3.29. The summed E-state index contributed by atoms with van der Waals surface area (Å²) in [5, 5.41) is 2.97. The van der Waals surface area contributed by atoms with Gasteiger partial charge in [0.2, 0.25) is 11.8 Å². The number of hydrogen-bond donors (Lipinski definition) is 1. The van der Waals surface area contributed by atoms with Gasteiger partial charge in [-0.2, -0.15) is 0 Å². The lowest BCUT2D eigenvalue weighted by molar-refractivity contribution is -0.150. The molecule has 4 nitrogen and oxygen atoms in total. The molecular formula is C17H30N2O2. The first-order chi connectivity index (χ1) is 10.2. The molecule has 0 aromatic carbocycles. The van der Waals surface area contributed by atoms with Gasteiger partial charge in [-0.1, -0.05) is 46.0 Å². The zero-order valence-corrected chi connectivity index (χ0v) is 13.6. The van der Waals surface area contributed by atoms with Crippen molar-refractivity contribution in [2.45, 2.75) is 83.7 Å². The number of rotatable bonds is 9. The first-order valence-electron chi connectivity index (χ1n) is 8.79. The van der Waals surface area contributed by atoms with Crippen LogP contribution >= 0.6 is 0 Å². The SMILES string of the molecule is CCCCCCCN1C(=O)C(C2CC2)NC(=O)C1CCC. The number of amides is 2. The van der Waals surface area contributed by atoms with E-state index in [4.69, 9.17) is 0 Å². The Morgan fingerprint density at radius 2 is 1.76 bits per heavy atom. The van der Waals surface area contributed by atoms with Crippen LogP contribution in [0.3, 0.4) is 0 Å². The van der Waals surface area contributed by atoms with Crippen molar-refractivity contribution in [3.63, 3.8) is 0 Å². The van der Waals surface area contributed by atoms with Crippen LogP contribution in [0.15, 0.2) is 0 Å². The van der Waals surface area contributed by atoms with Crippen LogP contribution < -0.4 is 5.32 Å². The standard InChI is InChI=1S/C17H30N2O2/c1-3-5-6-7-8-12-19-14(9-4-2)16(20)18-15(17(19)21)13-10-11-13/h13-15H,3-12H2,1-2H3,(H,18,20). The van der Waals surface area contributed by atoms with Gasteiger partial charge in [-0.25, -0.2) is 0 Å². The molecule has 4 heteroatoms. The summed E-state index contributed by atoms with van der Waals surface area (Å²) < 4.78 is 0. The maximum absolute atomic E-state index is 12.7. The Balaban J connectivity index is 1.92. The fourth-order valence-corrected chi connectivity index (χ4v) is 3.25. The molecule has 0 bridgehead atoms. The normalized spacial score (nSPS) is 26.1. The van der Waals surface area contributed by atoms with E-state index in [1.54, 1.807) is 0 Å². The van der Waals surface area contributed by atoms with Gasteiger partial charge in [0.1, 0.15) is 12.1 Å². The second-order valence-electron chi connectivity index (χ2n) is 6.57. The molecule has 2 atom stereocenters. The summed E-state index contributed by atoms with van der Waals surface area (Å²) in [6.07, 6.45) is 9.79. The molecule has 1 saturated carbocycles. The van der Waals surface area contributed by atoms with E-state index in [1.165, 1.54) is 19.3 Å². The average molecular weight is 294 g/mol. The van der Waals surface area contributed by atoms with Crippen molar-refractivity contribution in [2.75, 3.05) is 6.54 Å². The Morgan fingerprint density at radius 1 is 1.05 bits per heavy atom. The van der Waals surface area contributed by atoms with Crippen LogP contribution in [-0.2, 0) is 9.59 Å². The number of carbonyl (C=O) groups excluding carboxylic acids is 2. The van der Waals surface area contributed by atoms with E-state index >= 15 is 0 Å². The second kappa shape index (κ2) is 7.81. The number of unbranched alkanes of at least 4 members (excludes halogenated alkanes) is 4. The van der Waals surface area contributed by atoms with Crippen molar-refractivity contribution in [3.05, 3.63) is 0 Å². The fourth-order valence-electron chi connectivity index (χ4n) is 3.25. The van der Waals surface area contributed by atoms with Crippen LogP contribution in [0, 0.1) is 5.92 Å². The van der Waals surface area contributed by atoms with Crippen molar-refractivity contribution in [1.82, 2.24) is 10.2 Å². The molecule has 21 heavy (non-hydrogen) atoms. The number of carbonyl (C=O) groups is 2. The smallest absolute Gasteiger partial charge is 0.246 e. The summed E-state index contributed by atoms with van der Waals surface area (Å²) in [5.41, 5.74) is 0. The minimum Gasteiger partial charge on any atom is -0.342 e. The van der Waals surface area contributed by atoms with Crippen molar-refractivity contribution < 1.29 is 9.59 Å². The minimum absolute atomic E-state index is 0.0712. The van der Waals surface area contributed by atoms with Crippen LogP contribution in [0.25, 0.3) is 0 Å². The lowest BCUT2D eigenvalue weighted by atomic mass is 9.99. The predicted octanol–water partition coefficient (Wildman–Crippen LogP) is 2.86. The molecule has 1 heterocycles. The maximum atomic E-state index is 12.7. The molecule has 0 aromatic rings. The zero-order valence-electron chi connectivity index (χ0n) is 13.6. The van der Waals surface area contributed by atoms with Gasteiger partial charge in [0, 0.05) is 6.54 Å². The van der Waals surface area contributed by atoms with Crippen molar-refractivity contribution in [3.8, 4) is 0 Å².